The minimum Gasteiger partial charge on any atom is -0.384 e. The molecule has 1 aromatic rings. The molecule has 14 heavy (non-hydrogen) atoms. The summed E-state index contributed by atoms with van der Waals surface area (Å²) in [4.78, 5) is 8.42. The Bertz CT molecular complexity index is 273. The molecule has 0 fully saturated rings. The molecule has 1 rings (SSSR count). The number of nitrogen functional groups attached to an aromatic ring is 1. The number of hydrogen-bond donors (Lipinski definition) is 1. The average Bonchev–Trinajstić information content (AvgIpc) is 2.11. The summed E-state index contributed by atoms with van der Waals surface area (Å²) in [6.07, 6.45) is 0. The largest absolute Gasteiger partial charge is 0.384 e. The molecule has 0 aliphatic heterocycles. The maximum Gasteiger partial charge on any atom is 0.140 e. The van der Waals surface area contributed by atoms with Crippen molar-refractivity contribution >= 4 is 17.6 Å². The quantitative estimate of drug-likeness (QED) is 0.746. The van der Waals surface area contributed by atoms with Gasteiger partial charge in [0, 0.05) is 24.6 Å². The van der Waals surface area contributed by atoms with E-state index in [1.54, 1.807) is 24.9 Å². The monoisotopic (exact) mass is 213 g/mol. The number of hydrogen-bond acceptors (Lipinski definition) is 5. The van der Waals surface area contributed by atoms with Gasteiger partial charge in [-0.3, -0.25) is 0 Å². The van der Waals surface area contributed by atoms with E-state index in [0.717, 1.165) is 29.6 Å². The summed E-state index contributed by atoms with van der Waals surface area (Å²) in [5.41, 5.74) is 6.52. The molecule has 0 bridgehead atoms. The highest BCUT2D eigenvalue weighted by Crippen LogP contribution is 2.10. The zero-order chi connectivity index (χ0) is 10.4. The van der Waals surface area contributed by atoms with E-state index in [-0.39, 0.29) is 0 Å². The number of aromatic nitrogens is 2. The number of anilines is 1. The SMILES string of the molecule is COCCSCc1nc(C)cc(N)n1. The van der Waals surface area contributed by atoms with Crippen LogP contribution in [-0.4, -0.2) is 29.4 Å². The maximum absolute atomic E-state index is 5.60. The Kier molecular flexibility index (Phi) is 4.69. The van der Waals surface area contributed by atoms with E-state index in [1.807, 2.05) is 6.92 Å². The van der Waals surface area contributed by atoms with Gasteiger partial charge in [-0.2, -0.15) is 11.8 Å². The second-order valence-electron chi connectivity index (χ2n) is 2.90. The molecule has 0 atom stereocenters. The van der Waals surface area contributed by atoms with Crippen molar-refractivity contribution in [3.8, 4) is 0 Å². The Hall–Kier alpha value is -0.810. The fraction of sp³-hybridized carbons (Fsp3) is 0.556. The van der Waals surface area contributed by atoms with Crippen LogP contribution in [0.15, 0.2) is 6.07 Å². The molecule has 0 aliphatic carbocycles. The van der Waals surface area contributed by atoms with E-state index < -0.39 is 0 Å². The normalized spacial score (nSPS) is 10.4. The van der Waals surface area contributed by atoms with Gasteiger partial charge < -0.3 is 10.5 Å². The third kappa shape index (κ3) is 3.93. The van der Waals surface area contributed by atoms with Gasteiger partial charge in [-0.05, 0) is 6.92 Å². The molecular formula is C9H15N3OS. The molecule has 1 heterocycles. The van der Waals surface area contributed by atoms with Crippen molar-refractivity contribution < 1.29 is 4.74 Å². The molecule has 0 spiro atoms. The predicted molar refractivity (Wildman–Crippen MR) is 59.2 cm³/mol. The Morgan fingerprint density at radius 1 is 1.50 bits per heavy atom. The second kappa shape index (κ2) is 5.82. The van der Waals surface area contributed by atoms with E-state index in [9.17, 15) is 0 Å². The van der Waals surface area contributed by atoms with E-state index in [4.69, 9.17) is 10.5 Å². The van der Waals surface area contributed by atoms with Crippen molar-refractivity contribution in [2.45, 2.75) is 12.7 Å². The molecule has 0 aromatic carbocycles. The summed E-state index contributed by atoms with van der Waals surface area (Å²) < 4.78 is 4.94. The number of nitrogens with two attached hydrogens (primary N) is 1. The predicted octanol–water partition coefficient (Wildman–Crippen LogP) is 1.25. The van der Waals surface area contributed by atoms with Gasteiger partial charge in [0.1, 0.15) is 11.6 Å². The lowest BCUT2D eigenvalue weighted by Crippen LogP contribution is -2.01. The summed E-state index contributed by atoms with van der Waals surface area (Å²) in [5, 5.41) is 0. The van der Waals surface area contributed by atoms with Gasteiger partial charge in [-0.15, -0.1) is 0 Å². The molecule has 0 amide bonds. The molecule has 0 saturated heterocycles. The highest BCUT2D eigenvalue weighted by molar-refractivity contribution is 7.98. The van der Waals surface area contributed by atoms with Gasteiger partial charge >= 0.3 is 0 Å². The van der Waals surface area contributed by atoms with Crippen LogP contribution in [0.25, 0.3) is 0 Å². The Balaban J connectivity index is 2.42. The summed E-state index contributed by atoms with van der Waals surface area (Å²) in [6.45, 7) is 2.67. The molecular weight excluding hydrogens is 198 g/mol. The van der Waals surface area contributed by atoms with Crippen LogP contribution in [0.3, 0.4) is 0 Å². The first-order valence-electron chi connectivity index (χ1n) is 4.39. The fourth-order valence-corrected chi connectivity index (χ4v) is 1.77. The molecule has 1 aromatic heterocycles. The van der Waals surface area contributed by atoms with Crippen molar-refractivity contribution in [3.63, 3.8) is 0 Å². The number of thioether (sulfide) groups is 1. The van der Waals surface area contributed by atoms with Crippen LogP contribution in [0, 0.1) is 6.92 Å². The summed E-state index contributed by atoms with van der Waals surface area (Å²) in [5.74, 6) is 3.08. The van der Waals surface area contributed by atoms with E-state index in [0.29, 0.717) is 5.82 Å². The minimum atomic E-state index is 0.542. The zero-order valence-electron chi connectivity index (χ0n) is 8.49. The lowest BCUT2D eigenvalue weighted by atomic mass is 10.4. The Morgan fingerprint density at radius 3 is 2.93 bits per heavy atom. The number of aryl methyl sites for hydroxylation is 1. The van der Waals surface area contributed by atoms with Crippen LogP contribution in [0.2, 0.25) is 0 Å². The smallest absolute Gasteiger partial charge is 0.140 e. The highest BCUT2D eigenvalue weighted by Gasteiger charge is 1.99. The Morgan fingerprint density at radius 2 is 2.29 bits per heavy atom. The van der Waals surface area contributed by atoms with Gasteiger partial charge in [-0.25, -0.2) is 9.97 Å². The van der Waals surface area contributed by atoms with Crippen molar-refractivity contribution in [1.29, 1.82) is 0 Å². The summed E-state index contributed by atoms with van der Waals surface area (Å²) in [7, 11) is 1.70. The molecule has 5 heteroatoms. The van der Waals surface area contributed by atoms with E-state index in [1.165, 1.54) is 0 Å². The molecule has 0 saturated carbocycles. The fourth-order valence-electron chi connectivity index (χ4n) is 1.03. The first kappa shape index (κ1) is 11.3. The minimum absolute atomic E-state index is 0.542. The number of rotatable bonds is 5. The topological polar surface area (TPSA) is 61.0 Å². The maximum atomic E-state index is 5.60. The Labute approximate surface area is 88.3 Å². The molecule has 2 N–H and O–H groups in total. The van der Waals surface area contributed by atoms with Gasteiger partial charge in [0.05, 0.1) is 12.4 Å². The number of nitrogens with zero attached hydrogens (tertiary/aromatic N) is 2. The molecule has 78 valence electrons. The summed E-state index contributed by atoms with van der Waals surface area (Å²) in [6, 6.07) is 1.77. The first-order chi connectivity index (χ1) is 6.72. The third-order valence-corrected chi connectivity index (χ3v) is 2.50. The third-order valence-electron chi connectivity index (χ3n) is 1.58. The van der Waals surface area contributed by atoms with Gasteiger partial charge in [0.2, 0.25) is 0 Å². The van der Waals surface area contributed by atoms with E-state index in [2.05, 4.69) is 9.97 Å². The highest BCUT2D eigenvalue weighted by atomic mass is 32.2. The van der Waals surface area contributed by atoms with Gasteiger partial charge in [0.25, 0.3) is 0 Å². The second-order valence-corrected chi connectivity index (χ2v) is 4.00. The van der Waals surface area contributed by atoms with Crippen LogP contribution < -0.4 is 5.73 Å². The molecule has 4 nitrogen and oxygen atoms in total. The van der Waals surface area contributed by atoms with Crippen molar-refractivity contribution in [1.82, 2.24) is 9.97 Å². The van der Waals surface area contributed by atoms with Crippen LogP contribution >= 0.6 is 11.8 Å². The number of ether oxygens (including phenoxy) is 1. The average molecular weight is 213 g/mol. The lowest BCUT2D eigenvalue weighted by Gasteiger charge is -2.02. The van der Waals surface area contributed by atoms with Crippen LogP contribution in [0.5, 0.6) is 0 Å². The lowest BCUT2D eigenvalue weighted by molar-refractivity contribution is 0.218. The number of methoxy groups -OCH3 is 1. The molecule has 0 radical (unpaired) electrons. The summed E-state index contributed by atoms with van der Waals surface area (Å²) >= 11 is 1.74. The first-order valence-corrected chi connectivity index (χ1v) is 5.54. The molecule has 0 aliphatic rings. The molecule has 0 unspecified atom stereocenters. The van der Waals surface area contributed by atoms with Crippen molar-refractivity contribution in [3.05, 3.63) is 17.6 Å². The van der Waals surface area contributed by atoms with Crippen LogP contribution in [0.1, 0.15) is 11.5 Å². The van der Waals surface area contributed by atoms with Gasteiger partial charge in [0.15, 0.2) is 0 Å². The van der Waals surface area contributed by atoms with Crippen LogP contribution in [-0.2, 0) is 10.5 Å². The van der Waals surface area contributed by atoms with Crippen molar-refractivity contribution in [2.24, 2.45) is 0 Å². The van der Waals surface area contributed by atoms with Crippen LogP contribution in [0.4, 0.5) is 5.82 Å². The van der Waals surface area contributed by atoms with Gasteiger partial charge in [-0.1, -0.05) is 0 Å². The standard InChI is InChI=1S/C9H15N3OS/c1-7-5-8(10)12-9(11-7)6-14-4-3-13-2/h5H,3-4,6H2,1-2H3,(H2,10,11,12). The van der Waals surface area contributed by atoms with Crippen molar-refractivity contribution in [2.75, 3.05) is 25.2 Å². The van der Waals surface area contributed by atoms with E-state index >= 15 is 0 Å². The zero-order valence-corrected chi connectivity index (χ0v) is 9.30.